The standard InChI is InChI=1S/C18H18ClNO2S/c1-23(22)16-11-5-13(6-12-16)17-3-2-4-18(21)20(17)15-9-7-14(19)8-10-15/h5-12,17H,2-4H2,1H3. The largest absolute Gasteiger partial charge is 0.612 e. The molecule has 23 heavy (non-hydrogen) atoms. The number of hydrogen-bond acceptors (Lipinski definition) is 2. The molecule has 2 aromatic carbocycles. The molecular weight excluding hydrogens is 330 g/mol. The first-order valence-electron chi connectivity index (χ1n) is 7.57. The predicted molar refractivity (Wildman–Crippen MR) is 94.3 cm³/mol. The molecule has 1 aliphatic rings. The molecule has 2 unspecified atom stereocenters. The van der Waals surface area contributed by atoms with Crippen LogP contribution in [0.5, 0.6) is 0 Å². The quantitative estimate of drug-likeness (QED) is 0.775. The number of piperidine rings is 1. The average Bonchev–Trinajstić information content (AvgIpc) is 2.56. The first-order valence-corrected chi connectivity index (χ1v) is 9.51. The zero-order valence-corrected chi connectivity index (χ0v) is 14.4. The van der Waals surface area contributed by atoms with Gasteiger partial charge in [-0.25, -0.2) is 0 Å². The zero-order chi connectivity index (χ0) is 16.4. The number of halogens is 1. The van der Waals surface area contributed by atoms with Gasteiger partial charge in [0, 0.05) is 17.1 Å². The number of rotatable bonds is 3. The maximum atomic E-state index is 12.5. The van der Waals surface area contributed by atoms with E-state index in [9.17, 15) is 9.35 Å². The third-order valence-corrected chi connectivity index (χ3v) is 5.34. The van der Waals surface area contributed by atoms with E-state index >= 15 is 0 Å². The van der Waals surface area contributed by atoms with Crippen LogP contribution in [0.25, 0.3) is 0 Å². The van der Waals surface area contributed by atoms with Gasteiger partial charge in [0.1, 0.15) is 6.26 Å². The van der Waals surface area contributed by atoms with Gasteiger partial charge in [0.15, 0.2) is 4.90 Å². The molecule has 0 bridgehead atoms. The number of carbonyl (C=O) groups excluding carboxylic acids is 1. The lowest BCUT2D eigenvalue weighted by Crippen LogP contribution is -2.38. The van der Waals surface area contributed by atoms with Crippen molar-refractivity contribution in [2.24, 2.45) is 0 Å². The minimum Gasteiger partial charge on any atom is -0.612 e. The van der Waals surface area contributed by atoms with Gasteiger partial charge in [0.05, 0.1) is 6.04 Å². The lowest BCUT2D eigenvalue weighted by Gasteiger charge is -2.36. The first kappa shape index (κ1) is 16.4. The highest BCUT2D eigenvalue weighted by Gasteiger charge is 2.30. The summed E-state index contributed by atoms with van der Waals surface area (Å²) in [5.74, 6) is 0.131. The van der Waals surface area contributed by atoms with Gasteiger partial charge in [0.25, 0.3) is 0 Å². The van der Waals surface area contributed by atoms with Crippen LogP contribution in [0.15, 0.2) is 53.4 Å². The predicted octanol–water partition coefficient (Wildman–Crippen LogP) is 4.34. The maximum absolute atomic E-state index is 12.5. The second-order valence-corrected chi connectivity index (χ2v) is 7.49. The van der Waals surface area contributed by atoms with Gasteiger partial charge in [-0.2, -0.15) is 0 Å². The molecule has 1 aliphatic heterocycles. The molecule has 0 radical (unpaired) electrons. The smallest absolute Gasteiger partial charge is 0.227 e. The fourth-order valence-corrected chi connectivity index (χ4v) is 3.64. The van der Waals surface area contributed by atoms with E-state index in [0.29, 0.717) is 11.4 Å². The summed E-state index contributed by atoms with van der Waals surface area (Å²) in [6.45, 7) is 0. The fraction of sp³-hybridized carbons (Fsp3) is 0.278. The van der Waals surface area contributed by atoms with E-state index in [4.69, 9.17) is 11.6 Å². The molecule has 1 heterocycles. The monoisotopic (exact) mass is 347 g/mol. The lowest BCUT2D eigenvalue weighted by molar-refractivity contribution is -0.120. The van der Waals surface area contributed by atoms with Crippen molar-refractivity contribution in [1.82, 2.24) is 0 Å². The van der Waals surface area contributed by atoms with E-state index in [-0.39, 0.29) is 11.9 Å². The van der Waals surface area contributed by atoms with Gasteiger partial charge in [-0.15, -0.1) is 0 Å². The third kappa shape index (κ3) is 3.55. The van der Waals surface area contributed by atoms with Crippen molar-refractivity contribution in [3.63, 3.8) is 0 Å². The molecule has 2 aromatic rings. The van der Waals surface area contributed by atoms with Gasteiger partial charge in [-0.1, -0.05) is 23.7 Å². The lowest BCUT2D eigenvalue weighted by atomic mass is 9.94. The van der Waals surface area contributed by atoms with Gasteiger partial charge >= 0.3 is 0 Å². The highest BCUT2D eigenvalue weighted by atomic mass is 35.5. The molecule has 1 fully saturated rings. The molecule has 0 saturated carbocycles. The van der Waals surface area contributed by atoms with E-state index in [1.54, 1.807) is 18.4 Å². The molecule has 3 rings (SSSR count). The van der Waals surface area contributed by atoms with Gasteiger partial charge in [-0.05, 0) is 66.0 Å². The summed E-state index contributed by atoms with van der Waals surface area (Å²) in [7, 11) is 0. The van der Waals surface area contributed by atoms with Crippen molar-refractivity contribution in [2.75, 3.05) is 11.2 Å². The summed E-state index contributed by atoms with van der Waals surface area (Å²) in [4.78, 5) is 15.1. The molecule has 0 spiro atoms. The Morgan fingerprint density at radius 1 is 1.13 bits per heavy atom. The van der Waals surface area contributed by atoms with Crippen LogP contribution in [0.3, 0.4) is 0 Å². The van der Waals surface area contributed by atoms with Gasteiger partial charge in [-0.3, -0.25) is 4.79 Å². The van der Waals surface area contributed by atoms with Gasteiger partial charge in [0.2, 0.25) is 5.91 Å². The molecule has 3 nitrogen and oxygen atoms in total. The minimum atomic E-state index is -0.992. The summed E-state index contributed by atoms with van der Waals surface area (Å²) in [6.07, 6.45) is 4.04. The Morgan fingerprint density at radius 3 is 2.39 bits per heavy atom. The maximum Gasteiger partial charge on any atom is 0.227 e. The van der Waals surface area contributed by atoms with Crippen molar-refractivity contribution in [2.45, 2.75) is 30.2 Å². The summed E-state index contributed by atoms with van der Waals surface area (Å²) >= 11 is 4.96. The molecule has 0 aliphatic carbocycles. The number of nitrogens with zero attached hydrogens (tertiary/aromatic N) is 1. The summed E-state index contributed by atoms with van der Waals surface area (Å²) in [5, 5.41) is 0.657. The van der Waals surface area contributed by atoms with Crippen LogP contribution in [0.4, 0.5) is 5.69 Å². The third-order valence-electron chi connectivity index (χ3n) is 4.15. The van der Waals surface area contributed by atoms with E-state index in [0.717, 1.165) is 29.0 Å². The summed E-state index contributed by atoms with van der Waals surface area (Å²) in [5.41, 5.74) is 1.94. The topological polar surface area (TPSA) is 43.4 Å². The van der Waals surface area contributed by atoms with Crippen LogP contribution < -0.4 is 4.90 Å². The number of anilines is 1. The van der Waals surface area contributed by atoms with E-state index in [1.165, 1.54) is 0 Å². The van der Waals surface area contributed by atoms with Crippen LogP contribution in [0.2, 0.25) is 5.02 Å². The normalized spacial score (nSPS) is 19.7. The Morgan fingerprint density at radius 2 is 1.78 bits per heavy atom. The van der Waals surface area contributed by atoms with Crippen molar-refractivity contribution in [3.05, 3.63) is 59.1 Å². The van der Waals surface area contributed by atoms with Crippen LogP contribution in [0, 0.1) is 0 Å². The van der Waals surface area contributed by atoms with Crippen molar-refractivity contribution in [1.29, 1.82) is 0 Å². The fourth-order valence-electron chi connectivity index (χ4n) is 2.99. The molecule has 0 aromatic heterocycles. The van der Waals surface area contributed by atoms with Crippen LogP contribution in [-0.4, -0.2) is 16.7 Å². The second-order valence-electron chi connectivity index (χ2n) is 5.67. The second kappa shape index (κ2) is 6.95. The first-order chi connectivity index (χ1) is 11.1. The van der Waals surface area contributed by atoms with Crippen molar-refractivity contribution < 1.29 is 9.35 Å². The molecule has 0 N–H and O–H groups in total. The molecule has 120 valence electrons. The Labute approximate surface area is 144 Å². The highest BCUT2D eigenvalue weighted by Crippen LogP contribution is 2.36. The number of carbonyl (C=O) groups is 1. The van der Waals surface area contributed by atoms with Crippen LogP contribution in [0.1, 0.15) is 30.9 Å². The Hall–Kier alpha value is -1.49. The summed E-state index contributed by atoms with van der Waals surface area (Å²) in [6, 6.07) is 15.1. The summed E-state index contributed by atoms with van der Waals surface area (Å²) < 4.78 is 11.5. The SMILES string of the molecule is C[S+]([O-])c1ccc(C2CCCC(=O)N2c2ccc(Cl)cc2)cc1. The van der Waals surface area contributed by atoms with Gasteiger partial charge < -0.3 is 9.45 Å². The molecule has 1 saturated heterocycles. The Balaban J connectivity index is 1.94. The van der Waals surface area contributed by atoms with Crippen molar-refractivity contribution >= 4 is 34.4 Å². The highest BCUT2D eigenvalue weighted by molar-refractivity contribution is 7.90. The molecule has 2 atom stereocenters. The number of hydrogen-bond donors (Lipinski definition) is 0. The number of amides is 1. The molecular formula is C18H18ClNO2S. The van der Waals surface area contributed by atoms with E-state index < -0.39 is 11.2 Å². The minimum absolute atomic E-state index is 0.0109. The molecule has 5 heteroatoms. The number of benzene rings is 2. The van der Waals surface area contributed by atoms with Crippen LogP contribution in [-0.2, 0) is 16.0 Å². The Kier molecular flexibility index (Phi) is 4.95. The Bertz CT molecular complexity index is 685. The van der Waals surface area contributed by atoms with Crippen LogP contribution >= 0.6 is 11.6 Å². The van der Waals surface area contributed by atoms with E-state index in [1.807, 2.05) is 41.3 Å². The molecule has 1 amide bonds. The van der Waals surface area contributed by atoms with Crippen molar-refractivity contribution in [3.8, 4) is 0 Å². The van der Waals surface area contributed by atoms with E-state index in [2.05, 4.69) is 0 Å². The zero-order valence-electron chi connectivity index (χ0n) is 12.9. The average molecular weight is 348 g/mol.